The second-order valence-electron chi connectivity index (χ2n) is 11.9. The molecule has 0 radical (unpaired) electrons. The molecule has 8 aromatic rings. The van der Waals surface area contributed by atoms with Crippen molar-refractivity contribution in [1.29, 1.82) is 0 Å². The van der Waals surface area contributed by atoms with Crippen molar-refractivity contribution in [3.05, 3.63) is 143 Å². The summed E-state index contributed by atoms with van der Waals surface area (Å²) in [4.78, 5) is 3.01. The van der Waals surface area contributed by atoms with E-state index < -0.39 is 11.6 Å². The molecule has 0 amide bonds. The largest absolute Gasteiger partial charge is 0.223 e. The second-order valence-corrected chi connectivity index (χ2v) is 14.0. The molecule has 0 aliphatic heterocycles. The van der Waals surface area contributed by atoms with E-state index in [4.69, 9.17) is 0 Å². The minimum absolute atomic E-state index is 0.229. The third-order valence-electron chi connectivity index (χ3n) is 8.01. The van der Waals surface area contributed by atoms with Gasteiger partial charge in [0, 0.05) is 0 Å². The highest BCUT2D eigenvalue weighted by atomic mass is 33.1. The van der Waals surface area contributed by atoms with E-state index in [-0.39, 0.29) is 11.4 Å². The van der Waals surface area contributed by atoms with Crippen LogP contribution in [0.3, 0.4) is 0 Å². The first kappa shape index (κ1) is 33.2. The van der Waals surface area contributed by atoms with E-state index in [0.717, 1.165) is 22.3 Å². The lowest BCUT2D eigenvalue weighted by Gasteiger charge is -2.11. The van der Waals surface area contributed by atoms with Gasteiger partial charge in [-0.15, -0.1) is 20.4 Å². The van der Waals surface area contributed by atoms with Crippen LogP contribution in [0, 0.1) is 25.5 Å². The number of benzene rings is 4. The highest BCUT2D eigenvalue weighted by Crippen LogP contribution is 2.46. The lowest BCUT2D eigenvalue weighted by molar-refractivity contribution is 0.572. The molecule has 8 rings (SSSR count). The molecule has 0 aliphatic carbocycles. The molecule has 0 aliphatic rings. The first-order valence-corrected chi connectivity index (χ1v) is 18.2. The molecule has 4 aromatic heterocycles. The van der Waals surface area contributed by atoms with Crippen LogP contribution < -0.4 is 0 Å². The molecule has 12 nitrogen and oxygen atoms in total. The maximum Gasteiger partial charge on any atom is 0.209 e. The molecule has 0 unspecified atom stereocenters. The SMILES string of the molecule is Cc1cccc(Cn2nnc(-c3cnn(-c4ccccc4F)c3SSc3c(-c4nnn(Cc5cccc(C)c5)n4)cnn3-c3ccccc3F)n2)c1. The van der Waals surface area contributed by atoms with E-state index in [2.05, 4.69) is 53.2 Å². The Hall–Kier alpha value is -6.00. The van der Waals surface area contributed by atoms with Crippen molar-refractivity contribution in [2.45, 2.75) is 37.0 Å². The summed E-state index contributed by atoms with van der Waals surface area (Å²) in [5, 5.41) is 36.7. The normalized spacial score (nSPS) is 11.4. The van der Waals surface area contributed by atoms with E-state index in [9.17, 15) is 0 Å². The number of aryl methyl sites for hydroxylation is 2. The molecule has 52 heavy (non-hydrogen) atoms. The lowest BCUT2D eigenvalue weighted by Crippen LogP contribution is -2.04. The van der Waals surface area contributed by atoms with Crippen LogP contribution in [0.1, 0.15) is 22.3 Å². The third kappa shape index (κ3) is 6.85. The summed E-state index contributed by atoms with van der Waals surface area (Å²) in [6.45, 7) is 4.87. The van der Waals surface area contributed by atoms with Crippen LogP contribution in [-0.2, 0) is 13.1 Å². The molecule has 0 saturated heterocycles. The number of hydrogen-bond acceptors (Lipinski definition) is 10. The smallest absolute Gasteiger partial charge is 0.209 e. The molecule has 0 saturated carbocycles. The van der Waals surface area contributed by atoms with Gasteiger partial charge in [-0.3, -0.25) is 0 Å². The van der Waals surface area contributed by atoms with Crippen molar-refractivity contribution in [3.8, 4) is 34.2 Å². The molecule has 0 N–H and O–H groups in total. The molecule has 0 atom stereocenters. The Balaban J connectivity index is 1.17. The van der Waals surface area contributed by atoms with Gasteiger partial charge in [-0.25, -0.2) is 18.1 Å². The van der Waals surface area contributed by atoms with Crippen molar-refractivity contribution in [1.82, 2.24) is 60.0 Å². The zero-order valence-electron chi connectivity index (χ0n) is 27.7. The van der Waals surface area contributed by atoms with Crippen molar-refractivity contribution < 1.29 is 8.78 Å². The fourth-order valence-corrected chi connectivity index (χ4v) is 8.09. The Bertz CT molecular complexity index is 2350. The maximum atomic E-state index is 15.2. The van der Waals surface area contributed by atoms with Gasteiger partial charge in [0.15, 0.2) is 0 Å². The van der Waals surface area contributed by atoms with Gasteiger partial charge in [0.25, 0.3) is 0 Å². The Labute approximate surface area is 303 Å². The van der Waals surface area contributed by atoms with Crippen LogP contribution in [0.2, 0.25) is 0 Å². The van der Waals surface area contributed by atoms with Crippen LogP contribution in [0.5, 0.6) is 0 Å². The topological polar surface area (TPSA) is 123 Å². The lowest BCUT2D eigenvalue weighted by atomic mass is 10.1. The predicted octanol–water partition coefficient (Wildman–Crippen LogP) is 7.16. The van der Waals surface area contributed by atoms with Crippen LogP contribution >= 0.6 is 21.6 Å². The first-order valence-electron chi connectivity index (χ1n) is 16.1. The van der Waals surface area contributed by atoms with Crippen molar-refractivity contribution in [2.24, 2.45) is 0 Å². The number of halogens is 2. The van der Waals surface area contributed by atoms with Crippen LogP contribution in [-0.4, -0.2) is 60.0 Å². The number of hydrogen-bond donors (Lipinski definition) is 0. The fourth-order valence-electron chi connectivity index (χ4n) is 5.59. The Morgan fingerprint density at radius 1 is 0.558 bits per heavy atom. The summed E-state index contributed by atoms with van der Waals surface area (Å²) in [5.74, 6) is -0.318. The third-order valence-corrected chi connectivity index (χ3v) is 10.4. The van der Waals surface area contributed by atoms with Gasteiger partial charge >= 0.3 is 0 Å². The van der Waals surface area contributed by atoms with Gasteiger partial charge in [-0.1, -0.05) is 83.9 Å². The van der Waals surface area contributed by atoms with Crippen molar-refractivity contribution in [2.75, 3.05) is 0 Å². The fraction of sp³-hybridized carbons (Fsp3) is 0.111. The molecule has 0 bridgehead atoms. The van der Waals surface area contributed by atoms with E-state index in [0.29, 0.717) is 45.9 Å². The van der Waals surface area contributed by atoms with Gasteiger partial charge in [0.1, 0.15) is 33.1 Å². The zero-order valence-corrected chi connectivity index (χ0v) is 29.4. The first-order chi connectivity index (χ1) is 25.4. The minimum Gasteiger partial charge on any atom is -0.223 e. The molecule has 4 heterocycles. The average molecular weight is 731 g/mol. The van der Waals surface area contributed by atoms with Crippen molar-refractivity contribution in [3.63, 3.8) is 0 Å². The number of tetrazole rings is 2. The maximum absolute atomic E-state index is 15.2. The highest BCUT2D eigenvalue weighted by Gasteiger charge is 2.25. The summed E-state index contributed by atoms with van der Waals surface area (Å²) in [7, 11) is 2.51. The summed E-state index contributed by atoms with van der Waals surface area (Å²) in [5.41, 5.74) is 5.80. The molecule has 258 valence electrons. The molecular weight excluding hydrogens is 703 g/mol. The second kappa shape index (κ2) is 14.3. The molecular formula is C36H28F2N12S2. The number of aromatic nitrogens is 12. The summed E-state index contributed by atoms with van der Waals surface area (Å²) < 4.78 is 33.5. The van der Waals surface area contributed by atoms with E-state index in [1.54, 1.807) is 48.8 Å². The molecule has 0 fully saturated rings. The van der Waals surface area contributed by atoms with E-state index in [1.165, 1.54) is 52.7 Å². The zero-order chi connectivity index (χ0) is 35.6. The summed E-state index contributed by atoms with van der Waals surface area (Å²) in [6, 6.07) is 28.8. The molecule has 0 spiro atoms. The van der Waals surface area contributed by atoms with Crippen LogP contribution in [0.25, 0.3) is 34.2 Å². The monoisotopic (exact) mass is 730 g/mol. The van der Waals surface area contributed by atoms with Crippen LogP contribution in [0.4, 0.5) is 8.78 Å². The number of nitrogens with zero attached hydrogens (tertiary/aromatic N) is 12. The molecule has 16 heteroatoms. The van der Waals surface area contributed by atoms with Gasteiger partial charge in [0.2, 0.25) is 11.6 Å². The minimum atomic E-state index is -0.466. The summed E-state index contributed by atoms with van der Waals surface area (Å²) in [6.07, 6.45) is 3.16. The number of para-hydroxylation sites is 2. The Morgan fingerprint density at radius 2 is 1.00 bits per heavy atom. The van der Waals surface area contributed by atoms with E-state index in [1.807, 2.05) is 50.2 Å². The standard InChI is InChI=1S/C36H28F2N12S2/c1-23-9-7-11-25(17-23)21-47-43-33(41-45-47)27-19-39-49(31-15-5-3-13-29(31)37)35(27)51-52-36-28(20-40-50(36)32-16-6-4-14-30(32)38)34-42-46-48(44-34)22-26-12-8-10-24(2)18-26/h3-20H,21-22H2,1-2H3. The van der Waals surface area contributed by atoms with Crippen LogP contribution in [0.15, 0.2) is 120 Å². The average Bonchev–Trinajstić information content (AvgIpc) is 3.95. The highest BCUT2D eigenvalue weighted by molar-refractivity contribution is 8.76. The number of rotatable bonds is 11. The summed E-state index contributed by atoms with van der Waals surface area (Å²) >= 11 is 0. The van der Waals surface area contributed by atoms with E-state index >= 15 is 8.78 Å². The van der Waals surface area contributed by atoms with Gasteiger partial charge in [-0.2, -0.15) is 19.8 Å². The Kier molecular flexibility index (Phi) is 9.13. The molecule has 4 aromatic carbocycles. The van der Waals surface area contributed by atoms with Gasteiger partial charge in [-0.05, 0) is 81.3 Å². The predicted molar refractivity (Wildman–Crippen MR) is 193 cm³/mol. The van der Waals surface area contributed by atoms with Gasteiger partial charge in [0.05, 0.1) is 36.6 Å². The quantitative estimate of drug-likeness (QED) is 0.127. The van der Waals surface area contributed by atoms with Crippen molar-refractivity contribution >= 4 is 21.6 Å². The Morgan fingerprint density at radius 3 is 1.42 bits per heavy atom. The van der Waals surface area contributed by atoms with Gasteiger partial charge < -0.3 is 0 Å².